The van der Waals surface area contributed by atoms with Gasteiger partial charge in [0, 0.05) is 24.8 Å². The minimum Gasteiger partial charge on any atom is -0.497 e. The molecule has 1 amide bonds. The van der Waals surface area contributed by atoms with Crippen LogP contribution in [0.25, 0.3) is 0 Å². The van der Waals surface area contributed by atoms with E-state index >= 15 is 0 Å². The van der Waals surface area contributed by atoms with Crippen LogP contribution in [0, 0.1) is 0 Å². The first kappa shape index (κ1) is 19.3. The first-order valence-electron chi connectivity index (χ1n) is 8.53. The molecule has 0 aliphatic heterocycles. The van der Waals surface area contributed by atoms with Crippen molar-refractivity contribution in [1.82, 2.24) is 5.43 Å². The van der Waals surface area contributed by atoms with E-state index in [1.165, 1.54) is 12.8 Å². The second-order valence-corrected chi connectivity index (χ2v) is 5.53. The quantitative estimate of drug-likeness (QED) is 0.583. The summed E-state index contributed by atoms with van der Waals surface area (Å²) in [4.78, 5) is 14.5. The van der Waals surface area contributed by atoms with Crippen LogP contribution in [0.1, 0.15) is 29.8 Å². The van der Waals surface area contributed by atoms with Crippen molar-refractivity contribution in [2.45, 2.75) is 13.8 Å². The van der Waals surface area contributed by atoms with E-state index in [0.717, 1.165) is 18.7 Å². The van der Waals surface area contributed by atoms with Crippen LogP contribution in [-0.2, 0) is 0 Å². The molecule has 0 heterocycles. The van der Waals surface area contributed by atoms with E-state index in [-0.39, 0.29) is 5.91 Å². The van der Waals surface area contributed by atoms with Gasteiger partial charge in [-0.1, -0.05) is 12.1 Å². The molecule has 0 fully saturated rings. The zero-order valence-electron chi connectivity index (χ0n) is 15.7. The molecule has 0 atom stereocenters. The maximum Gasteiger partial charge on any atom is 0.275 e. The smallest absolute Gasteiger partial charge is 0.275 e. The van der Waals surface area contributed by atoms with Crippen molar-refractivity contribution in [2.75, 3.05) is 32.2 Å². The molecule has 0 bridgehead atoms. The van der Waals surface area contributed by atoms with Gasteiger partial charge in [-0.2, -0.15) is 5.10 Å². The van der Waals surface area contributed by atoms with E-state index in [2.05, 4.69) is 29.3 Å². The predicted molar refractivity (Wildman–Crippen MR) is 105 cm³/mol. The summed E-state index contributed by atoms with van der Waals surface area (Å²) in [5.41, 5.74) is 4.98. The highest BCUT2D eigenvalue weighted by molar-refractivity contribution is 5.97. The molecule has 0 radical (unpaired) electrons. The summed E-state index contributed by atoms with van der Waals surface area (Å²) in [7, 11) is 3.07. The monoisotopic (exact) mass is 355 g/mol. The number of rotatable bonds is 8. The number of methoxy groups -OCH3 is 2. The van der Waals surface area contributed by atoms with Crippen LogP contribution in [0.5, 0.6) is 11.5 Å². The van der Waals surface area contributed by atoms with Gasteiger partial charge in [-0.05, 0) is 43.7 Å². The number of hydrogen-bond acceptors (Lipinski definition) is 5. The molecule has 138 valence electrons. The molecule has 0 unspecified atom stereocenters. The Morgan fingerprint density at radius 3 is 2.35 bits per heavy atom. The average Bonchev–Trinajstić information content (AvgIpc) is 2.69. The van der Waals surface area contributed by atoms with Crippen molar-refractivity contribution in [1.29, 1.82) is 0 Å². The Morgan fingerprint density at radius 1 is 1.08 bits per heavy atom. The lowest BCUT2D eigenvalue weighted by Crippen LogP contribution is -2.21. The molecule has 0 aromatic heterocycles. The van der Waals surface area contributed by atoms with Gasteiger partial charge in [0.1, 0.15) is 11.5 Å². The standard InChI is InChI=1S/C20H25N3O3/c1-5-23(6-2)16-9-7-15(8-10-16)14-21-22-20(24)18-12-11-17(25-3)13-19(18)26-4/h7-14H,5-6H2,1-4H3,(H,22,24). The van der Waals surface area contributed by atoms with Crippen molar-refractivity contribution in [3.8, 4) is 11.5 Å². The summed E-state index contributed by atoms with van der Waals surface area (Å²) in [6.45, 7) is 6.18. The molecule has 0 aliphatic rings. The van der Waals surface area contributed by atoms with E-state index in [4.69, 9.17) is 9.47 Å². The Morgan fingerprint density at radius 2 is 1.77 bits per heavy atom. The summed E-state index contributed by atoms with van der Waals surface area (Å²) in [6, 6.07) is 13.0. The van der Waals surface area contributed by atoms with Gasteiger partial charge < -0.3 is 14.4 Å². The number of carbonyl (C=O) groups excluding carboxylic acids is 1. The van der Waals surface area contributed by atoms with Crippen LogP contribution in [0.15, 0.2) is 47.6 Å². The van der Waals surface area contributed by atoms with Crippen LogP contribution in [-0.4, -0.2) is 39.4 Å². The number of nitrogens with zero attached hydrogens (tertiary/aromatic N) is 2. The second-order valence-electron chi connectivity index (χ2n) is 5.53. The van der Waals surface area contributed by atoms with Crippen LogP contribution < -0.4 is 19.8 Å². The molecule has 0 aliphatic carbocycles. The van der Waals surface area contributed by atoms with Crippen LogP contribution in [0.3, 0.4) is 0 Å². The van der Waals surface area contributed by atoms with E-state index in [9.17, 15) is 4.79 Å². The largest absolute Gasteiger partial charge is 0.497 e. The first-order valence-corrected chi connectivity index (χ1v) is 8.53. The van der Waals surface area contributed by atoms with Crippen molar-refractivity contribution in [3.63, 3.8) is 0 Å². The highest BCUT2D eigenvalue weighted by atomic mass is 16.5. The number of hydrazone groups is 1. The Balaban J connectivity index is 2.03. The fraction of sp³-hybridized carbons (Fsp3) is 0.300. The molecular weight excluding hydrogens is 330 g/mol. The number of nitrogens with one attached hydrogen (secondary N) is 1. The molecule has 0 spiro atoms. The molecule has 0 saturated carbocycles. The van der Waals surface area contributed by atoms with Gasteiger partial charge in [-0.25, -0.2) is 5.43 Å². The van der Waals surface area contributed by atoms with Gasteiger partial charge in [0.2, 0.25) is 0 Å². The Hall–Kier alpha value is -3.02. The van der Waals surface area contributed by atoms with Gasteiger partial charge in [0.05, 0.1) is 26.0 Å². The zero-order valence-corrected chi connectivity index (χ0v) is 15.7. The summed E-state index contributed by atoms with van der Waals surface area (Å²) in [5.74, 6) is 0.705. The molecule has 26 heavy (non-hydrogen) atoms. The highest BCUT2D eigenvalue weighted by Gasteiger charge is 2.12. The second kappa shape index (κ2) is 9.46. The molecular formula is C20H25N3O3. The van der Waals surface area contributed by atoms with Crippen molar-refractivity contribution >= 4 is 17.8 Å². The molecule has 6 heteroatoms. The summed E-state index contributed by atoms with van der Waals surface area (Å²) in [5, 5.41) is 4.03. The fourth-order valence-corrected chi connectivity index (χ4v) is 2.57. The van der Waals surface area contributed by atoms with E-state index < -0.39 is 0 Å². The van der Waals surface area contributed by atoms with E-state index in [1.807, 2.05) is 24.3 Å². The highest BCUT2D eigenvalue weighted by Crippen LogP contribution is 2.24. The number of hydrogen-bond donors (Lipinski definition) is 1. The Kier molecular flexibility index (Phi) is 7.02. The van der Waals surface area contributed by atoms with E-state index in [1.54, 1.807) is 31.5 Å². The molecule has 2 aromatic carbocycles. The van der Waals surface area contributed by atoms with Gasteiger partial charge >= 0.3 is 0 Å². The molecule has 2 rings (SSSR count). The molecule has 2 aromatic rings. The Labute approximate surface area is 154 Å². The average molecular weight is 355 g/mol. The minimum atomic E-state index is -0.347. The maximum absolute atomic E-state index is 12.3. The summed E-state index contributed by atoms with van der Waals surface area (Å²) < 4.78 is 10.4. The minimum absolute atomic E-state index is 0.347. The number of carbonyl (C=O) groups is 1. The van der Waals surface area contributed by atoms with Crippen LogP contribution in [0.2, 0.25) is 0 Å². The fourth-order valence-electron chi connectivity index (χ4n) is 2.57. The number of anilines is 1. The van der Waals surface area contributed by atoms with Gasteiger partial charge in [-0.3, -0.25) is 4.79 Å². The predicted octanol–water partition coefficient (Wildman–Crippen LogP) is 3.31. The number of benzene rings is 2. The summed E-state index contributed by atoms with van der Waals surface area (Å²) >= 11 is 0. The lowest BCUT2D eigenvalue weighted by molar-refractivity contribution is 0.0952. The lowest BCUT2D eigenvalue weighted by atomic mass is 10.2. The lowest BCUT2D eigenvalue weighted by Gasteiger charge is -2.20. The van der Waals surface area contributed by atoms with Gasteiger partial charge in [-0.15, -0.1) is 0 Å². The van der Waals surface area contributed by atoms with Crippen molar-refractivity contribution in [2.24, 2.45) is 5.10 Å². The third-order valence-corrected chi connectivity index (χ3v) is 4.05. The maximum atomic E-state index is 12.3. The van der Waals surface area contributed by atoms with Gasteiger partial charge in [0.15, 0.2) is 0 Å². The third-order valence-electron chi connectivity index (χ3n) is 4.05. The molecule has 1 N–H and O–H groups in total. The van der Waals surface area contributed by atoms with Crippen LogP contribution >= 0.6 is 0 Å². The Bertz CT molecular complexity index is 753. The topological polar surface area (TPSA) is 63.2 Å². The van der Waals surface area contributed by atoms with Crippen molar-refractivity contribution < 1.29 is 14.3 Å². The normalized spacial score (nSPS) is 10.6. The molecule has 6 nitrogen and oxygen atoms in total. The third kappa shape index (κ3) is 4.75. The number of ether oxygens (including phenoxy) is 2. The molecule has 0 saturated heterocycles. The number of amides is 1. The summed E-state index contributed by atoms with van der Waals surface area (Å²) in [6.07, 6.45) is 1.61. The van der Waals surface area contributed by atoms with Crippen molar-refractivity contribution in [3.05, 3.63) is 53.6 Å². The first-order chi connectivity index (χ1) is 12.6. The van der Waals surface area contributed by atoms with Crippen LogP contribution in [0.4, 0.5) is 5.69 Å². The SMILES string of the molecule is CCN(CC)c1ccc(C=NNC(=O)c2ccc(OC)cc2OC)cc1. The van der Waals surface area contributed by atoms with E-state index in [0.29, 0.717) is 17.1 Å². The zero-order chi connectivity index (χ0) is 18.9. The van der Waals surface area contributed by atoms with Gasteiger partial charge in [0.25, 0.3) is 5.91 Å².